The maximum absolute atomic E-state index is 14.2. The molecule has 170 valence electrons. The zero-order chi connectivity index (χ0) is 22.7. The third-order valence-corrected chi connectivity index (χ3v) is 7.12. The number of nitrogens with zero attached hydrogens (tertiary/aromatic N) is 1. The lowest BCUT2D eigenvalue weighted by Crippen LogP contribution is -2.33. The van der Waals surface area contributed by atoms with Gasteiger partial charge >= 0.3 is 0 Å². The highest BCUT2D eigenvalue weighted by Crippen LogP contribution is 2.29. The zero-order valence-corrected chi connectivity index (χ0v) is 18.0. The van der Waals surface area contributed by atoms with Gasteiger partial charge in [0.2, 0.25) is 10.0 Å². The summed E-state index contributed by atoms with van der Waals surface area (Å²) in [6.45, 7) is 0.711. The molecule has 1 heterocycles. The van der Waals surface area contributed by atoms with Crippen LogP contribution in [0.5, 0.6) is 5.75 Å². The number of fused-ring (bicyclic) bond motifs is 1. The molecule has 2 aliphatic rings. The van der Waals surface area contributed by atoms with Crippen molar-refractivity contribution in [2.24, 2.45) is 0 Å². The number of hydrogen-bond donors (Lipinski definition) is 0. The van der Waals surface area contributed by atoms with E-state index >= 15 is 0 Å². The molecule has 0 spiro atoms. The van der Waals surface area contributed by atoms with E-state index in [0.29, 0.717) is 30.4 Å². The Morgan fingerprint density at radius 3 is 2.72 bits per heavy atom. The summed E-state index contributed by atoms with van der Waals surface area (Å²) in [7, 11) is -4.19. The average molecular weight is 465 g/mol. The number of rotatable bonds is 6. The average Bonchev–Trinajstić information content (AvgIpc) is 2.97. The molecule has 0 saturated carbocycles. The van der Waals surface area contributed by atoms with Crippen LogP contribution >= 0.6 is 0 Å². The number of ether oxygens (including phenoxy) is 2. The minimum Gasteiger partial charge on any atom is -0.492 e. The lowest BCUT2D eigenvalue weighted by atomic mass is 10.1. The number of hydrogen-bond acceptors (Lipinski definition) is 4. The highest BCUT2D eigenvalue weighted by molar-refractivity contribution is 7.89. The summed E-state index contributed by atoms with van der Waals surface area (Å²) >= 11 is 0. The fourth-order valence-electron chi connectivity index (χ4n) is 3.57. The van der Waals surface area contributed by atoms with Crippen LogP contribution in [0, 0.1) is 11.6 Å². The number of benzene rings is 2. The minimum absolute atomic E-state index is 0.0197. The van der Waals surface area contributed by atoms with Gasteiger partial charge in [0.15, 0.2) is 0 Å². The lowest BCUT2D eigenvalue weighted by Gasteiger charge is -2.20. The smallest absolute Gasteiger partial charge is 0.246 e. The molecule has 0 amide bonds. The van der Waals surface area contributed by atoms with Crippen LogP contribution in [0.15, 0.2) is 65.1 Å². The van der Waals surface area contributed by atoms with Gasteiger partial charge in [0.25, 0.3) is 0 Å². The molecule has 0 aromatic heterocycles. The molecule has 1 atom stereocenters. The summed E-state index contributed by atoms with van der Waals surface area (Å²) in [5.74, 6) is -1.44. The molecule has 5 nitrogen and oxygen atoms in total. The van der Waals surface area contributed by atoms with Crippen molar-refractivity contribution in [3.05, 3.63) is 83.0 Å². The summed E-state index contributed by atoms with van der Waals surface area (Å²) in [5.41, 5.74) is 2.32. The van der Waals surface area contributed by atoms with E-state index in [2.05, 4.69) is 0 Å². The summed E-state index contributed by atoms with van der Waals surface area (Å²) in [6, 6.07) is 7.75. The van der Waals surface area contributed by atoms with Gasteiger partial charge in [-0.15, -0.1) is 0 Å². The van der Waals surface area contributed by atoms with Gasteiger partial charge in [-0.3, -0.25) is 0 Å². The predicted molar refractivity (Wildman–Crippen MR) is 112 cm³/mol. The highest BCUT2D eigenvalue weighted by atomic mass is 32.2. The van der Waals surface area contributed by atoms with E-state index in [9.17, 15) is 21.6 Å². The fourth-order valence-corrected chi connectivity index (χ4v) is 5.02. The van der Waals surface area contributed by atoms with Crippen molar-refractivity contribution in [3.63, 3.8) is 0 Å². The van der Waals surface area contributed by atoms with Crippen molar-refractivity contribution < 1.29 is 31.1 Å². The number of alkyl halides is 1. The molecule has 1 aliphatic carbocycles. The molecule has 2 aromatic rings. The molecule has 1 unspecified atom stereocenters. The van der Waals surface area contributed by atoms with Crippen molar-refractivity contribution in [3.8, 4) is 5.75 Å². The number of sulfonamides is 1. The van der Waals surface area contributed by atoms with Crippen molar-refractivity contribution in [2.45, 2.75) is 30.6 Å². The first kappa shape index (κ1) is 22.6. The molecule has 0 bridgehead atoms. The summed E-state index contributed by atoms with van der Waals surface area (Å²) < 4.78 is 79.0. The van der Waals surface area contributed by atoms with Crippen molar-refractivity contribution >= 4 is 10.0 Å². The molecule has 32 heavy (non-hydrogen) atoms. The third kappa shape index (κ3) is 5.06. The van der Waals surface area contributed by atoms with E-state index in [1.165, 1.54) is 6.08 Å². The van der Waals surface area contributed by atoms with Crippen LogP contribution in [-0.2, 0) is 27.9 Å². The van der Waals surface area contributed by atoms with Gasteiger partial charge in [0.1, 0.15) is 35.1 Å². The molecule has 0 fully saturated rings. The van der Waals surface area contributed by atoms with E-state index in [4.69, 9.17) is 9.47 Å². The molecular formula is C23H22F3NO4S. The highest BCUT2D eigenvalue weighted by Gasteiger charge is 2.30. The summed E-state index contributed by atoms with van der Waals surface area (Å²) in [6.07, 6.45) is 4.39. The largest absolute Gasteiger partial charge is 0.492 e. The van der Waals surface area contributed by atoms with E-state index in [-0.39, 0.29) is 26.3 Å². The predicted octanol–water partition coefficient (Wildman–Crippen LogP) is 4.29. The molecule has 9 heteroatoms. The maximum Gasteiger partial charge on any atom is 0.246 e. The van der Waals surface area contributed by atoms with Crippen molar-refractivity contribution in [1.29, 1.82) is 0 Å². The molecule has 2 aromatic carbocycles. The standard InChI is InChI=1S/C23H22F3NO4S/c24-19-4-1-16(2-5-19)14-30-15-17-3-7-22-18(11-17)13-27(9-10-31-22)32(28,29)23-8-6-20(25)12-21(23)26/h1-4,6-8,11-12,19H,5,9-10,13-15H2. The quantitative estimate of drug-likeness (QED) is 0.639. The van der Waals surface area contributed by atoms with Gasteiger partial charge in [-0.1, -0.05) is 24.3 Å². The van der Waals surface area contributed by atoms with Gasteiger partial charge in [0, 0.05) is 31.1 Å². The fraction of sp³-hybridized carbons (Fsp3) is 0.304. The Labute approximate surface area is 184 Å². The second-order valence-corrected chi connectivity index (χ2v) is 9.49. The van der Waals surface area contributed by atoms with Crippen LogP contribution < -0.4 is 4.74 Å². The summed E-state index contributed by atoms with van der Waals surface area (Å²) in [4.78, 5) is -0.578. The second kappa shape index (κ2) is 9.48. The van der Waals surface area contributed by atoms with Gasteiger partial charge < -0.3 is 9.47 Å². The van der Waals surface area contributed by atoms with Crippen LogP contribution in [0.2, 0.25) is 0 Å². The Balaban J connectivity index is 1.48. The molecular weight excluding hydrogens is 443 g/mol. The van der Waals surface area contributed by atoms with Gasteiger partial charge in [-0.2, -0.15) is 4.31 Å². The number of halogens is 3. The molecule has 0 saturated heterocycles. The molecule has 4 rings (SSSR count). The molecule has 0 N–H and O–H groups in total. The topological polar surface area (TPSA) is 55.8 Å². The van der Waals surface area contributed by atoms with Crippen LogP contribution in [-0.4, -0.2) is 38.7 Å². The second-order valence-electron chi connectivity index (χ2n) is 7.59. The van der Waals surface area contributed by atoms with E-state index < -0.39 is 32.7 Å². The van der Waals surface area contributed by atoms with Crippen molar-refractivity contribution in [1.82, 2.24) is 4.31 Å². The third-order valence-electron chi connectivity index (χ3n) is 5.24. The van der Waals surface area contributed by atoms with Crippen LogP contribution in [0.1, 0.15) is 17.5 Å². The zero-order valence-electron chi connectivity index (χ0n) is 17.1. The normalized spacial score (nSPS) is 19.1. The van der Waals surface area contributed by atoms with E-state index in [0.717, 1.165) is 27.6 Å². The van der Waals surface area contributed by atoms with E-state index in [1.54, 1.807) is 24.3 Å². The van der Waals surface area contributed by atoms with E-state index in [1.807, 2.05) is 6.07 Å². The van der Waals surface area contributed by atoms with Crippen LogP contribution in [0.3, 0.4) is 0 Å². The van der Waals surface area contributed by atoms with Crippen molar-refractivity contribution in [2.75, 3.05) is 19.8 Å². The van der Waals surface area contributed by atoms with Gasteiger partial charge in [0.05, 0.1) is 13.2 Å². The van der Waals surface area contributed by atoms with Gasteiger partial charge in [-0.25, -0.2) is 21.6 Å². The Morgan fingerprint density at radius 1 is 1.12 bits per heavy atom. The first-order valence-corrected chi connectivity index (χ1v) is 11.6. The Bertz CT molecular complexity index is 1160. The first-order chi connectivity index (χ1) is 15.3. The summed E-state index contributed by atoms with van der Waals surface area (Å²) in [5, 5.41) is 0. The maximum atomic E-state index is 14.2. The monoisotopic (exact) mass is 465 g/mol. The van der Waals surface area contributed by atoms with Crippen LogP contribution in [0.4, 0.5) is 13.2 Å². The minimum atomic E-state index is -4.19. The molecule has 1 aliphatic heterocycles. The number of allylic oxidation sites excluding steroid dienone is 2. The van der Waals surface area contributed by atoms with Gasteiger partial charge in [-0.05, 0) is 35.4 Å². The Morgan fingerprint density at radius 2 is 1.97 bits per heavy atom. The SMILES string of the molecule is O=S(=O)(c1ccc(F)cc1F)N1CCOc2ccc(COCC3=CCC(F)C=C3)cc2C1. The molecule has 0 radical (unpaired) electrons. The lowest BCUT2D eigenvalue weighted by molar-refractivity contribution is 0.143. The Hall–Kier alpha value is -2.62. The van der Waals surface area contributed by atoms with Crippen LogP contribution in [0.25, 0.3) is 0 Å². The first-order valence-electron chi connectivity index (χ1n) is 10.1. The Kier molecular flexibility index (Phi) is 6.68.